The average molecular weight is 278 g/mol. The van der Waals surface area contributed by atoms with Crippen LogP contribution >= 0.6 is 0 Å². The third kappa shape index (κ3) is 3.57. The van der Waals surface area contributed by atoms with Gasteiger partial charge in [-0.2, -0.15) is 0 Å². The zero-order chi connectivity index (χ0) is 14.8. The lowest BCUT2D eigenvalue weighted by molar-refractivity contribution is -0.0145. The zero-order valence-electron chi connectivity index (χ0n) is 12.7. The van der Waals surface area contributed by atoms with E-state index in [-0.39, 0.29) is 0 Å². The summed E-state index contributed by atoms with van der Waals surface area (Å²) in [5.74, 6) is 0.659. The van der Waals surface area contributed by atoms with Gasteiger partial charge >= 0.3 is 0 Å². The van der Waals surface area contributed by atoms with Gasteiger partial charge in [0, 0.05) is 18.3 Å². The maximum absolute atomic E-state index is 10.6. The summed E-state index contributed by atoms with van der Waals surface area (Å²) in [6.45, 7) is 5.10. The third-order valence-corrected chi connectivity index (χ3v) is 4.39. The van der Waals surface area contributed by atoms with Gasteiger partial charge in [-0.3, -0.25) is 0 Å². The van der Waals surface area contributed by atoms with Crippen LogP contribution in [0.15, 0.2) is 18.2 Å². The Labute approximate surface area is 121 Å². The van der Waals surface area contributed by atoms with E-state index in [1.165, 1.54) is 0 Å². The Morgan fingerprint density at radius 1 is 1.25 bits per heavy atom. The molecule has 0 radical (unpaired) electrons. The third-order valence-electron chi connectivity index (χ3n) is 4.39. The Balaban J connectivity index is 1.95. The van der Waals surface area contributed by atoms with Gasteiger partial charge in [0.05, 0.1) is 18.4 Å². The first-order valence-corrected chi connectivity index (χ1v) is 7.23. The van der Waals surface area contributed by atoms with Crippen LogP contribution < -0.4 is 15.8 Å². The highest BCUT2D eigenvalue weighted by Crippen LogP contribution is 2.40. The number of nitrogens with two attached hydrogens (primary N) is 1. The van der Waals surface area contributed by atoms with Crippen molar-refractivity contribution in [1.82, 2.24) is 0 Å². The highest BCUT2D eigenvalue weighted by Gasteiger charge is 2.36. The molecule has 1 aromatic rings. The van der Waals surface area contributed by atoms with E-state index < -0.39 is 5.60 Å². The largest absolute Gasteiger partial charge is 0.495 e. The molecule has 0 atom stereocenters. The zero-order valence-corrected chi connectivity index (χ0v) is 12.7. The molecule has 0 spiro atoms. The Morgan fingerprint density at radius 3 is 2.50 bits per heavy atom. The van der Waals surface area contributed by atoms with Gasteiger partial charge in [0.1, 0.15) is 5.75 Å². The van der Waals surface area contributed by atoms with Crippen molar-refractivity contribution in [2.24, 2.45) is 5.41 Å². The SMILES string of the molecule is COc1cc(NCC2(O)CCC(C)(C)CC2)ccc1N. The summed E-state index contributed by atoms with van der Waals surface area (Å²) >= 11 is 0. The van der Waals surface area contributed by atoms with E-state index in [9.17, 15) is 5.11 Å². The normalized spacial score (nSPS) is 20.4. The van der Waals surface area contributed by atoms with E-state index >= 15 is 0 Å². The van der Waals surface area contributed by atoms with Crippen LogP contribution in [0.1, 0.15) is 39.5 Å². The molecular formula is C16H26N2O2. The van der Waals surface area contributed by atoms with E-state index in [2.05, 4.69) is 19.2 Å². The number of hydrogen-bond donors (Lipinski definition) is 3. The molecule has 1 aliphatic rings. The summed E-state index contributed by atoms with van der Waals surface area (Å²) in [6, 6.07) is 5.59. The first kappa shape index (κ1) is 15.0. The lowest BCUT2D eigenvalue weighted by atomic mass is 9.71. The quantitative estimate of drug-likeness (QED) is 0.741. The molecule has 1 saturated carbocycles. The van der Waals surface area contributed by atoms with Gasteiger partial charge in [0.15, 0.2) is 0 Å². The Morgan fingerprint density at radius 2 is 1.90 bits per heavy atom. The van der Waals surface area contributed by atoms with E-state index in [0.29, 0.717) is 23.4 Å². The number of nitrogens with one attached hydrogen (secondary N) is 1. The van der Waals surface area contributed by atoms with E-state index in [1.54, 1.807) is 7.11 Å². The number of aliphatic hydroxyl groups is 1. The van der Waals surface area contributed by atoms with Gasteiger partial charge < -0.3 is 20.9 Å². The van der Waals surface area contributed by atoms with Crippen molar-refractivity contribution in [3.05, 3.63) is 18.2 Å². The fraction of sp³-hybridized carbons (Fsp3) is 0.625. The summed E-state index contributed by atoms with van der Waals surface area (Å²) in [4.78, 5) is 0. The summed E-state index contributed by atoms with van der Waals surface area (Å²) in [5.41, 5.74) is 7.09. The van der Waals surface area contributed by atoms with Crippen LogP contribution in [0.25, 0.3) is 0 Å². The smallest absolute Gasteiger partial charge is 0.143 e. The summed E-state index contributed by atoms with van der Waals surface area (Å²) in [7, 11) is 1.60. The Kier molecular flexibility index (Phi) is 4.14. The topological polar surface area (TPSA) is 67.5 Å². The molecule has 0 aromatic heterocycles. The maximum Gasteiger partial charge on any atom is 0.143 e. The van der Waals surface area contributed by atoms with Crippen LogP contribution in [0.3, 0.4) is 0 Å². The van der Waals surface area contributed by atoms with Gasteiger partial charge in [-0.1, -0.05) is 13.8 Å². The van der Waals surface area contributed by atoms with Crippen molar-refractivity contribution in [2.75, 3.05) is 24.7 Å². The number of ether oxygens (including phenoxy) is 1. The van der Waals surface area contributed by atoms with Crippen molar-refractivity contribution in [3.63, 3.8) is 0 Å². The lowest BCUT2D eigenvalue weighted by Gasteiger charge is -2.40. The minimum atomic E-state index is -0.607. The second-order valence-corrected chi connectivity index (χ2v) is 6.70. The monoisotopic (exact) mass is 278 g/mol. The molecule has 0 aliphatic heterocycles. The highest BCUT2D eigenvalue weighted by molar-refractivity contribution is 5.61. The predicted octanol–water partition coefficient (Wildman–Crippen LogP) is 3.02. The molecular weight excluding hydrogens is 252 g/mol. The summed E-state index contributed by atoms with van der Waals surface area (Å²) in [6.07, 6.45) is 3.82. The Hall–Kier alpha value is -1.42. The molecule has 0 unspecified atom stereocenters. The van der Waals surface area contributed by atoms with Crippen LogP contribution in [-0.2, 0) is 0 Å². The molecule has 4 nitrogen and oxygen atoms in total. The first-order chi connectivity index (χ1) is 9.34. The average Bonchev–Trinajstić information content (AvgIpc) is 2.42. The minimum Gasteiger partial charge on any atom is -0.495 e. The summed E-state index contributed by atoms with van der Waals surface area (Å²) in [5, 5.41) is 13.9. The standard InChI is InChI=1S/C16H26N2O2/c1-15(2)6-8-16(19,9-7-15)11-18-12-4-5-13(17)14(10-12)20-3/h4-5,10,18-19H,6-9,11,17H2,1-3H3. The second-order valence-electron chi connectivity index (χ2n) is 6.70. The molecule has 0 saturated heterocycles. The van der Waals surface area contributed by atoms with Crippen molar-refractivity contribution < 1.29 is 9.84 Å². The lowest BCUT2D eigenvalue weighted by Crippen LogP contribution is -2.42. The Bertz CT molecular complexity index is 462. The molecule has 0 bridgehead atoms. The van der Waals surface area contributed by atoms with Gasteiger partial charge in [0.2, 0.25) is 0 Å². The highest BCUT2D eigenvalue weighted by atomic mass is 16.5. The molecule has 0 heterocycles. The van der Waals surface area contributed by atoms with Gasteiger partial charge in [-0.15, -0.1) is 0 Å². The number of anilines is 2. The van der Waals surface area contributed by atoms with Crippen LogP contribution in [0, 0.1) is 5.41 Å². The molecule has 20 heavy (non-hydrogen) atoms. The van der Waals surface area contributed by atoms with E-state index in [1.807, 2.05) is 18.2 Å². The number of rotatable bonds is 4. The fourth-order valence-electron chi connectivity index (χ4n) is 2.66. The number of hydrogen-bond acceptors (Lipinski definition) is 4. The molecule has 4 N–H and O–H groups in total. The molecule has 1 aliphatic carbocycles. The molecule has 112 valence electrons. The number of benzene rings is 1. The van der Waals surface area contributed by atoms with Crippen LogP contribution in [0.2, 0.25) is 0 Å². The molecule has 1 aromatic carbocycles. The van der Waals surface area contributed by atoms with Crippen LogP contribution in [0.4, 0.5) is 11.4 Å². The molecule has 4 heteroatoms. The van der Waals surface area contributed by atoms with E-state index in [4.69, 9.17) is 10.5 Å². The van der Waals surface area contributed by atoms with Crippen molar-refractivity contribution in [3.8, 4) is 5.75 Å². The fourth-order valence-corrected chi connectivity index (χ4v) is 2.66. The molecule has 2 rings (SSSR count). The van der Waals surface area contributed by atoms with Crippen molar-refractivity contribution in [2.45, 2.75) is 45.1 Å². The van der Waals surface area contributed by atoms with Gasteiger partial charge in [-0.05, 0) is 43.2 Å². The van der Waals surface area contributed by atoms with Crippen LogP contribution in [0.5, 0.6) is 5.75 Å². The maximum atomic E-state index is 10.6. The number of methoxy groups -OCH3 is 1. The number of nitrogen functional groups attached to an aromatic ring is 1. The molecule has 1 fully saturated rings. The minimum absolute atomic E-state index is 0.358. The van der Waals surface area contributed by atoms with E-state index in [0.717, 1.165) is 31.4 Å². The molecule has 0 amide bonds. The predicted molar refractivity (Wildman–Crippen MR) is 83.1 cm³/mol. The van der Waals surface area contributed by atoms with Crippen molar-refractivity contribution >= 4 is 11.4 Å². The van der Waals surface area contributed by atoms with Gasteiger partial charge in [-0.25, -0.2) is 0 Å². The second kappa shape index (κ2) is 5.52. The first-order valence-electron chi connectivity index (χ1n) is 7.23. The summed E-state index contributed by atoms with van der Waals surface area (Å²) < 4.78 is 5.20. The van der Waals surface area contributed by atoms with Gasteiger partial charge in [0.25, 0.3) is 0 Å². The van der Waals surface area contributed by atoms with Crippen LogP contribution in [-0.4, -0.2) is 24.4 Å². The van der Waals surface area contributed by atoms with Crippen molar-refractivity contribution in [1.29, 1.82) is 0 Å².